The first-order chi connectivity index (χ1) is 12.8. The van der Waals surface area contributed by atoms with E-state index in [1.54, 1.807) is 31.2 Å². The second-order valence-corrected chi connectivity index (χ2v) is 7.49. The van der Waals surface area contributed by atoms with Crippen LogP contribution in [0.2, 0.25) is 0 Å². The minimum atomic E-state index is -3.81. The molecule has 0 fully saturated rings. The molecule has 9 heteroatoms. The highest BCUT2D eigenvalue weighted by Crippen LogP contribution is 2.42. The Labute approximate surface area is 153 Å². The monoisotopic (exact) mass is 393 g/mol. The minimum Gasteiger partial charge on any atom is -0.504 e. The number of aromatic hydroxyl groups is 2. The Kier molecular flexibility index (Phi) is 5.23. The van der Waals surface area contributed by atoms with Crippen molar-refractivity contribution in [3.8, 4) is 28.6 Å². The van der Waals surface area contributed by atoms with E-state index in [2.05, 4.69) is 0 Å². The lowest BCUT2D eigenvalue weighted by atomic mass is 10.1. The molecule has 2 aromatic carbocycles. The van der Waals surface area contributed by atoms with Gasteiger partial charge in [-0.15, -0.1) is 0 Å². The van der Waals surface area contributed by atoms with Gasteiger partial charge in [-0.1, -0.05) is 12.1 Å². The zero-order chi connectivity index (χ0) is 19.6. The van der Waals surface area contributed by atoms with E-state index in [9.17, 15) is 24.5 Å². The number of hydrogen-bond acceptors (Lipinski definition) is 6. The summed E-state index contributed by atoms with van der Waals surface area (Å²) in [5, 5.41) is 19.5. The van der Waals surface area contributed by atoms with Crippen molar-refractivity contribution < 1.29 is 33.3 Å². The minimum absolute atomic E-state index is 0.0227. The van der Waals surface area contributed by atoms with Crippen molar-refractivity contribution in [1.82, 2.24) is 0 Å². The van der Waals surface area contributed by atoms with Gasteiger partial charge in [-0.05, 0) is 37.3 Å². The van der Waals surface area contributed by atoms with E-state index in [4.69, 9.17) is 13.7 Å². The van der Waals surface area contributed by atoms with Crippen LogP contribution < -0.4 is 10.2 Å². The van der Waals surface area contributed by atoms with Crippen molar-refractivity contribution in [3.05, 3.63) is 52.7 Å². The van der Waals surface area contributed by atoms with Crippen molar-refractivity contribution in [2.24, 2.45) is 0 Å². The average molecular weight is 393 g/mol. The molecule has 0 aliphatic heterocycles. The van der Waals surface area contributed by atoms with Crippen LogP contribution in [-0.2, 0) is 4.52 Å². The number of rotatable bonds is 6. The van der Waals surface area contributed by atoms with Crippen LogP contribution in [0.25, 0.3) is 22.3 Å². The molecule has 142 valence electrons. The van der Waals surface area contributed by atoms with Crippen LogP contribution in [0.1, 0.15) is 6.92 Å². The van der Waals surface area contributed by atoms with Crippen molar-refractivity contribution in [2.75, 3.05) is 13.0 Å². The maximum atomic E-state index is 12.9. The molecule has 8 nitrogen and oxygen atoms in total. The second kappa shape index (κ2) is 7.44. The van der Waals surface area contributed by atoms with Crippen LogP contribution in [-0.4, -0.2) is 32.6 Å². The number of phenolic OH excluding ortho intramolecular Hbond substituents is 2. The molecule has 0 bridgehead atoms. The summed E-state index contributed by atoms with van der Waals surface area (Å²) in [6.45, 7) is 1.66. The van der Waals surface area contributed by atoms with Crippen molar-refractivity contribution >= 4 is 18.6 Å². The van der Waals surface area contributed by atoms with E-state index in [0.29, 0.717) is 0 Å². The summed E-state index contributed by atoms with van der Waals surface area (Å²) in [6, 6.07) is 10.4. The van der Waals surface area contributed by atoms with Gasteiger partial charge in [-0.2, -0.15) is 0 Å². The highest BCUT2D eigenvalue weighted by Gasteiger charge is 2.30. The second-order valence-electron chi connectivity index (χ2n) is 5.64. The Morgan fingerprint density at radius 2 is 1.89 bits per heavy atom. The molecule has 0 saturated carbocycles. The summed E-state index contributed by atoms with van der Waals surface area (Å²) in [5.41, 5.74) is 0.0339. The Bertz CT molecular complexity index is 1090. The third kappa shape index (κ3) is 3.98. The number of fused-ring (bicyclic) bond motifs is 1. The van der Waals surface area contributed by atoms with Crippen molar-refractivity contribution in [2.45, 2.75) is 6.92 Å². The van der Waals surface area contributed by atoms with Gasteiger partial charge in [0.05, 0.1) is 12.0 Å². The van der Waals surface area contributed by atoms with Gasteiger partial charge in [-0.3, -0.25) is 18.8 Å². The molecule has 1 unspecified atom stereocenters. The van der Waals surface area contributed by atoms with E-state index in [0.717, 1.165) is 0 Å². The fourth-order valence-corrected chi connectivity index (χ4v) is 3.29. The summed E-state index contributed by atoms with van der Waals surface area (Å²) in [6.07, 6.45) is -0.638. The normalized spacial score (nSPS) is 13.4. The van der Waals surface area contributed by atoms with E-state index in [1.807, 2.05) is 0 Å². The molecule has 0 spiro atoms. The van der Waals surface area contributed by atoms with Gasteiger partial charge in [0.1, 0.15) is 5.58 Å². The Morgan fingerprint density at radius 3 is 2.59 bits per heavy atom. The number of hydrogen-bond donors (Lipinski definition) is 3. The number of benzene rings is 2. The maximum Gasteiger partial charge on any atom is 0.536 e. The molecular weight excluding hydrogens is 375 g/mol. The summed E-state index contributed by atoms with van der Waals surface area (Å²) in [5.74, 6) is -1.03. The molecule has 0 saturated heterocycles. The molecule has 3 aromatic rings. The molecule has 3 rings (SSSR count). The van der Waals surface area contributed by atoms with Crippen LogP contribution in [0.5, 0.6) is 17.2 Å². The molecule has 4 N–H and O–H groups in total. The topological polar surface area (TPSA) is 131 Å². The molecule has 1 aromatic heterocycles. The average Bonchev–Trinajstić information content (AvgIpc) is 2.63. The largest absolute Gasteiger partial charge is 0.536 e. The quantitative estimate of drug-likeness (QED) is 0.332. The standard InChI is InChI=1S/C18H17O8P/c1-2-25-27(22,23)10-24-18-16(21)12-5-3-4-6-15(12)26-17(18)11-7-8-13(19)14(20)9-11/h3-9,19-20H,2,10H2,1H3,(H,22,23)/p+1. The van der Waals surface area contributed by atoms with Gasteiger partial charge in [0.25, 0.3) is 0 Å². The van der Waals surface area contributed by atoms with Crippen LogP contribution >= 0.6 is 7.60 Å². The number of phenols is 2. The molecule has 1 atom stereocenters. The first-order valence-electron chi connectivity index (χ1n) is 8.01. The van der Waals surface area contributed by atoms with Crippen LogP contribution in [0.4, 0.5) is 0 Å². The fraction of sp³-hybridized carbons (Fsp3) is 0.167. The summed E-state index contributed by atoms with van der Waals surface area (Å²) < 4.78 is 25.8. The molecule has 0 aliphatic carbocycles. The van der Waals surface area contributed by atoms with Gasteiger partial charge in [-0.25, -0.2) is 0 Å². The molecule has 1 heterocycles. The summed E-state index contributed by atoms with van der Waals surface area (Å²) >= 11 is 0. The summed E-state index contributed by atoms with van der Waals surface area (Å²) in [7, 11) is -3.81. The smallest absolute Gasteiger partial charge is 0.504 e. The summed E-state index contributed by atoms with van der Waals surface area (Å²) in [4.78, 5) is 22.7. The van der Waals surface area contributed by atoms with E-state index in [-0.39, 0.29) is 40.4 Å². The predicted octanol–water partition coefficient (Wildman–Crippen LogP) is 3.37. The van der Waals surface area contributed by atoms with Crippen LogP contribution in [0, 0.1) is 0 Å². The zero-order valence-electron chi connectivity index (χ0n) is 14.3. The van der Waals surface area contributed by atoms with Crippen LogP contribution in [0.3, 0.4) is 0 Å². The first kappa shape index (κ1) is 19.0. The van der Waals surface area contributed by atoms with Gasteiger partial charge >= 0.3 is 7.60 Å². The Hall–Kier alpha value is -2.80. The molecule has 0 amide bonds. The third-order valence-electron chi connectivity index (χ3n) is 3.71. The van der Waals surface area contributed by atoms with Gasteiger partial charge in [0.2, 0.25) is 17.5 Å². The number of para-hydroxylation sites is 1. The highest BCUT2D eigenvalue weighted by atomic mass is 31.2. The Morgan fingerprint density at radius 1 is 1.15 bits per heavy atom. The van der Waals surface area contributed by atoms with Crippen LogP contribution in [0.15, 0.2) is 51.7 Å². The highest BCUT2D eigenvalue weighted by molar-refractivity contribution is 7.52. The van der Waals surface area contributed by atoms with Gasteiger partial charge in [0, 0.05) is 5.56 Å². The maximum absolute atomic E-state index is 12.9. The molecule has 0 radical (unpaired) electrons. The molecule has 27 heavy (non-hydrogen) atoms. The lowest BCUT2D eigenvalue weighted by Gasteiger charge is -2.12. The lowest BCUT2D eigenvalue weighted by molar-refractivity contribution is 0.252. The third-order valence-corrected chi connectivity index (χ3v) is 4.84. The number of ether oxygens (including phenoxy) is 1. The van der Waals surface area contributed by atoms with Gasteiger partial charge in [0.15, 0.2) is 17.3 Å². The zero-order valence-corrected chi connectivity index (χ0v) is 15.2. The SMILES string of the molecule is CCOP(O)(=[OH+])COc1c(-c2ccc(O)c(O)c2)oc2ccccc2c1=O. The van der Waals surface area contributed by atoms with Crippen molar-refractivity contribution in [3.63, 3.8) is 0 Å². The van der Waals surface area contributed by atoms with Crippen molar-refractivity contribution in [1.29, 1.82) is 0 Å². The molecular formula is C18H18O8P+. The van der Waals surface area contributed by atoms with Gasteiger partial charge < -0.3 is 19.4 Å². The lowest BCUT2D eigenvalue weighted by Crippen LogP contribution is -2.12. The van der Waals surface area contributed by atoms with E-state index < -0.39 is 25.1 Å². The molecule has 0 aliphatic rings. The fourth-order valence-electron chi connectivity index (χ4n) is 2.50. The Balaban J connectivity index is 2.16. The first-order valence-corrected chi connectivity index (χ1v) is 9.81. The predicted molar refractivity (Wildman–Crippen MR) is 99.4 cm³/mol. The van der Waals surface area contributed by atoms with E-state index >= 15 is 0 Å². The van der Waals surface area contributed by atoms with E-state index in [1.165, 1.54) is 18.2 Å².